The summed E-state index contributed by atoms with van der Waals surface area (Å²) >= 11 is 0. The molecule has 0 fully saturated rings. The summed E-state index contributed by atoms with van der Waals surface area (Å²) in [6, 6.07) is 10.7. The Hall–Kier alpha value is -2.67. The zero-order chi connectivity index (χ0) is 21.2. The van der Waals surface area contributed by atoms with Gasteiger partial charge >= 0.3 is 0 Å². The molecular formula is C22H32N4O3. The van der Waals surface area contributed by atoms with E-state index in [4.69, 9.17) is 4.52 Å². The molecule has 2 amide bonds. The number of aromatic nitrogens is 1. The van der Waals surface area contributed by atoms with Crippen molar-refractivity contribution in [3.63, 3.8) is 0 Å². The molecule has 0 aliphatic rings. The molecule has 158 valence electrons. The van der Waals surface area contributed by atoms with E-state index in [0.29, 0.717) is 17.1 Å². The molecule has 0 aliphatic heterocycles. The van der Waals surface area contributed by atoms with Crippen LogP contribution in [0.15, 0.2) is 40.9 Å². The Morgan fingerprint density at radius 3 is 2.45 bits per heavy atom. The number of anilines is 1. The minimum absolute atomic E-state index is 0.0356. The number of rotatable bonds is 11. The van der Waals surface area contributed by atoms with Crippen LogP contribution in [0.25, 0.3) is 0 Å². The van der Waals surface area contributed by atoms with E-state index in [1.165, 1.54) is 0 Å². The van der Waals surface area contributed by atoms with Gasteiger partial charge in [-0.15, -0.1) is 0 Å². The summed E-state index contributed by atoms with van der Waals surface area (Å²) in [4.78, 5) is 29.6. The highest BCUT2D eigenvalue weighted by molar-refractivity contribution is 5.99. The standard InChI is InChI=1S/C22H32N4O3/c1-5-25(6-2)14-10-11-17(3)26(22(28)19-12-8-7-9-13-19)16-21(27)23-20-15-18(4)29-24-20/h7-9,12-13,15,17H,5-6,10-11,14,16H2,1-4H3,(H,23,24,27). The second-order valence-corrected chi connectivity index (χ2v) is 7.19. The van der Waals surface area contributed by atoms with Gasteiger partial charge in [0.25, 0.3) is 5.91 Å². The summed E-state index contributed by atoms with van der Waals surface area (Å²) < 4.78 is 4.98. The number of carbonyl (C=O) groups excluding carboxylic acids is 2. The van der Waals surface area contributed by atoms with Crippen molar-refractivity contribution in [2.45, 2.75) is 46.6 Å². The van der Waals surface area contributed by atoms with E-state index < -0.39 is 0 Å². The van der Waals surface area contributed by atoms with Gasteiger partial charge in [0.2, 0.25) is 5.91 Å². The molecule has 1 N–H and O–H groups in total. The average molecular weight is 401 g/mol. The van der Waals surface area contributed by atoms with E-state index in [9.17, 15) is 9.59 Å². The van der Waals surface area contributed by atoms with Gasteiger partial charge < -0.3 is 19.6 Å². The Kier molecular flexibility index (Phi) is 8.86. The first-order valence-electron chi connectivity index (χ1n) is 10.3. The normalized spacial score (nSPS) is 12.0. The fraction of sp³-hybridized carbons (Fsp3) is 0.500. The maximum absolute atomic E-state index is 13.1. The van der Waals surface area contributed by atoms with Crippen LogP contribution in [0, 0.1) is 6.92 Å². The van der Waals surface area contributed by atoms with Crippen LogP contribution in [0.2, 0.25) is 0 Å². The van der Waals surface area contributed by atoms with Gasteiger partial charge in [-0.2, -0.15) is 0 Å². The number of aryl methyl sites for hydroxylation is 1. The van der Waals surface area contributed by atoms with Crippen molar-refractivity contribution in [2.75, 3.05) is 31.5 Å². The summed E-state index contributed by atoms with van der Waals surface area (Å²) in [5.41, 5.74) is 0.577. The first kappa shape index (κ1) is 22.6. The highest BCUT2D eigenvalue weighted by Gasteiger charge is 2.24. The van der Waals surface area contributed by atoms with Gasteiger partial charge in [0.1, 0.15) is 12.3 Å². The largest absolute Gasteiger partial charge is 0.360 e. The third kappa shape index (κ3) is 7.02. The Labute approximate surface area is 173 Å². The highest BCUT2D eigenvalue weighted by Crippen LogP contribution is 2.14. The zero-order valence-electron chi connectivity index (χ0n) is 17.9. The number of nitrogens with zero attached hydrogens (tertiary/aromatic N) is 3. The maximum atomic E-state index is 13.1. The monoisotopic (exact) mass is 400 g/mol. The van der Waals surface area contributed by atoms with Crippen molar-refractivity contribution in [1.82, 2.24) is 15.0 Å². The predicted molar refractivity (Wildman–Crippen MR) is 114 cm³/mol. The molecule has 1 aromatic heterocycles. The van der Waals surface area contributed by atoms with E-state index in [-0.39, 0.29) is 24.4 Å². The lowest BCUT2D eigenvalue weighted by Crippen LogP contribution is -2.44. The summed E-state index contributed by atoms with van der Waals surface area (Å²) in [6.45, 7) is 11.0. The molecule has 0 aliphatic carbocycles. The lowest BCUT2D eigenvalue weighted by Gasteiger charge is -2.29. The third-order valence-electron chi connectivity index (χ3n) is 5.01. The van der Waals surface area contributed by atoms with Crippen LogP contribution < -0.4 is 5.32 Å². The Morgan fingerprint density at radius 1 is 1.17 bits per heavy atom. The molecule has 0 spiro atoms. The van der Waals surface area contributed by atoms with E-state index in [1.54, 1.807) is 30.0 Å². The van der Waals surface area contributed by atoms with Gasteiger partial charge in [-0.1, -0.05) is 37.2 Å². The molecule has 2 aromatic rings. The molecule has 7 heteroatoms. The SMILES string of the molecule is CCN(CC)CCCC(C)N(CC(=O)Nc1cc(C)on1)C(=O)c1ccccc1. The van der Waals surface area contributed by atoms with E-state index in [1.807, 2.05) is 25.1 Å². The molecule has 2 rings (SSSR count). The van der Waals surface area contributed by atoms with Crippen molar-refractivity contribution >= 4 is 17.6 Å². The van der Waals surface area contributed by atoms with Crippen molar-refractivity contribution in [3.05, 3.63) is 47.7 Å². The van der Waals surface area contributed by atoms with Crippen LogP contribution in [0.1, 0.15) is 49.7 Å². The van der Waals surface area contributed by atoms with E-state index >= 15 is 0 Å². The minimum Gasteiger partial charge on any atom is -0.360 e. The molecule has 7 nitrogen and oxygen atoms in total. The average Bonchev–Trinajstić information content (AvgIpc) is 3.13. The van der Waals surface area contributed by atoms with Gasteiger partial charge in [0, 0.05) is 17.7 Å². The third-order valence-corrected chi connectivity index (χ3v) is 5.01. The van der Waals surface area contributed by atoms with Gasteiger partial charge in [-0.3, -0.25) is 9.59 Å². The fourth-order valence-corrected chi connectivity index (χ4v) is 3.24. The Bertz CT molecular complexity index is 771. The maximum Gasteiger partial charge on any atom is 0.254 e. The van der Waals surface area contributed by atoms with Crippen molar-refractivity contribution in [3.8, 4) is 0 Å². The quantitative estimate of drug-likeness (QED) is 0.624. The number of nitrogens with one attached hydrogen (secondary N) is 1. The Balaban J connectivity index is 2.05. The predicted octanol–water partition coefficient (Wildman–Crippen LogP) is 3.57. The van der Waals surface area contributed by atoms with E-state index in [2.05, 4.69) is 29.2 Å². The second kappa shape index (κ2) is 11.4. The van der Waals surface area contributed by atoms with Crippen LogP contribution in [0.5, 0.6) is 0 Å². The Morgan fingerprint density at radius 2 is 1.86 bits per heavy atom. The number of carbonyl (C=O) groups is 2. The van der Waals surface area contributed by atoms with E-state index in [0.717, 1.165) is 32.5 Å². The number of hydrogen-bond acceptors (Lipinski definition) is 5. The molecule has 1 aromatic carbocycles. The molecule has 1 atom stereocenters. The number of hydrogen-bond donors (Lipinski definition) is 1. The molecular weight excluding hydrogens is 368 g/mol. The molecule has 0 radical (unpaired) electrons. The minimum atomic E-state index is -0.293. The molecule has 0 saturated heterocycles. The highest BCUT2D eigenvalue weighted by atomic mass is 16.5. The van der Waals surface area contributed by atoms with Crippen LogP contribution >= 0.6 is 0 Å². The van der Waals surface area contributed by atoms with Crippen LogP contribution in [-0.2, 0) is 4.79 Å². The summed E-state index contributed by atoms with van der Waals surface area (Å²) in [5.74, 6) is 0.529. The summed E-state index contributed by atoms with van der Waals surface area (Å²) in [7, 11) is 0. The first-order valence-corrected chi connectivity index (χ1v) is 10.3. The van der Waals surface area contributed by atoms with Gasteiger partial charge in [0.15, 0.2) is 5.82 Å². The number of benzene rings is 1. The molecule has 29 heavy (non-hydrogen) atoms. The zero-order valence-corrected chi connectivity index (χ0v) is 17.9. The molecule has 1 unspecified atom stereocenters. The van der Waals surface area contributed by atoms with Crippen LogP contribution in [0.3, 0.4) is 0 Å². The summed E-state index contributed by atoms with van der Waals surface area (Å²) in [6.07, 6.45) is 1.79. The van der Waals surface area contributed by atoms with Crippen molar-refractivity contribution < 1.29 is 14.1 Å². The van der Waals surface area contributed by atoms with Gasteiger partial charge in [-0.25, -0.2) is 0 Å². The summed E-state index contributed by atoms with van der Waals surface area (Å²) in [5, 5.41) is 6.48. The fourth-order valence-electron chi connectivity index (χ4n) is 3.24. The lowest BCUT2D eigenvalue weighted by molar-refractivity contribution is -0.117. The van der Waals surface area contributed by atoms with Crippen LogP contribution in [0.4, 0.5) is 5.82 Å². The number of amides is 2. The smallest absolute Gasteiger partial charge is 0.254 e. The van der Waals surface area contributed by atoms with Gasteiger partial charge in [-0.05, 0) is 58.5 Å². The molecule has 1 heterocycles. The lowest BCUT2D eigenvalue weighted by atomic mass is 10.1. The first-order chi connectivity index (χ1) is 13.9. The van der Waals surface area contributed by atoms with Crippen LogP contribution in [-0.4, -0.2) is 59.0 Å². The molecule has 0 saturated carbocycles. The molecule has 0 bridgehead atoms. The van der Waals surface area contributed by atoms with Gasteiger partial charge in [0.05, 0.1) is 0 Å². The van der Waals surface area contributed by atoms with Crippen molar-refractivity contribution in [2.24, 2.45) is 0 Å². The van der Waals surface area contributed by atoms with Crippen molar-refractivity contribution in [1.29, 1.82) is 0 Å². The second-order valence-electron chi connectivity index (χ2n) is 7.19. The topological polar surface area (TPSA) is 78.7 Å².